The Bertz CT molecular complexity index is 688. The van der Waals surface area contributed by atoms with E-state index in [1.807, 2.05) is 24.3 Å². The smallest absolute Gasteiger partial charge is 0.224 e. The Morgan fingerprint density at radius 3 is 2.96 bits per heavy atom. The van der Waals surface area contributed by atoms with E-state index in [0.29, 0.717) is 16.6 Å². The fourth-order valence-corrected chi connectivity index (χ4v) is 3.50. The lowest BCUT2D eigenvalue weighted by molar-refractivity contribution is -0.127. The summed E-state index contributed by atoms with van der Waals surface area (Å²) in [5.41, 5.74) is 1.04. The standard InChI is InChI=1S/C18H20Cl2N2O2/c19-15-6-5-13(17(20)9-15)11-22-7-1-3-14(12-22)18(23)21-10-16-4-2-8-24-16/h2,4-6,8-9,14H,1,3,7,10-12H2,(H,21,23)/t14-/m1/s1. The normalized spacial score (nSPS) is 18.5. The Balaban J connectivity index is 1.54. The van der Waals surface area contributed by atoms with Gasteiger partial charge in [0, 0.05) is 23.1 Å². The number of nitrogens with zero attached hydrogens (tertiary/aromatic N) is 1. The molecule has 0 bridgehead atoms. The second-order valence-corrected chi connectivity index (χ2v) is 6.95. The average Bonchev–Trinajstić information content (AvgIpc) is 3.09. The molecule has 4 nitrogen and oxygen atoms in total. The molecular formula is C18H20Cl2N2O2. The maximum atomic E-state index is 12.4. The maximum absolute atomic E-state index is 12.4. The third kappa shape index (κ3) is 4.53. The number of likely N-dealkylation sites (tertiary alicyclic amines) is 1. The summed E-state index contributed by atoms with van der Waals surface area (Å²) >= 11 is 12.2. The summed E-state index contributed by atoms with van der Waals surface area (Å²) in [6.45, 7) is 2.88. The quantitative estimate of drug-likeness (QED) is 0.865. The van der Waals surface area contributed by atoms with Crippen molar-refractivity contribution in [2.24, 2.45) is 5.92 Å². The lowest BCUT2D eigenvalue weighted by Gasteiger charge is -2.32. The molecule has 1 aromatic carbocycles. The zero-order chi connectivity index (χ0) is 16.9. The second-order valence-electron chi connectivity index (χ2n) is 6.11. The van der Waals surface area contributed by atoms with Crippen molar-refractivity contribution >= 4 is 29.1 Å². The summed E-state index contributed by atoms with van der Waals surface area (Å²) in [7, 11) is 0. The van der Waals surface area contributed by atoms with Crippen LogP contribution >= 0.6 is 23.2 Å². The fraction of sp³-hybridized carbons (Fsp3) is 0.389. The highest BCUT2D eigenvalue weighted by atomic mass is 35.5. The number of carbonyl (C=O) groups is 1. The van der Waals surface area contributed by atoms with Crippen molar-refractivity contribution < 1.29 is 9.21 Å². The Kier molecular flexibility index (Phi) is 5.82. The van der Waals surface area contributed by atoms with Crippen LogP contribution in [0.1, 0.15) is 24.2 Å². The van der Waals surface area contributed by atoms with Crippen LogP contribution in [0.5, 0.6) is 0 Å². The number of rotatable bonds is 5. The molecule has 0 aliphatic carbocycles. The molecule has 128 valence electrons. The molecule has 0 saturated carbocycles. The van der Waals surface area contributed by atoms with Gasteiger partial charge in [0.15, 0.2) is 0 Å². The van der Waals surface area contributed by atoms with Gasteiger partial charge in [-0.3, -0.25) is 9.69 Å². The number of benzene rings is 1. The Morgan fingerprint density at radius 2 is 2.21 bits per heavy atom. The predicted octanol–water partition coefficient (Wildman–Crippen LogP) is 4.11. The molecule has 1 saturated heterocycles. The monoisotopic (exact) mass is 366 g/mol. The summed E-state index contributed by atoms with van der Waals surface area (Å²) in [5, 5.41) is 4.26. The van der Waals surface area contributed by atoms with Gasteiger partial charge in [-0.15, -0.1) is 0 Å². The molecular weight excluding hydrogens is 347 g/mol. The van der Waals surface area contributed by atoms with E-state index < -0.39 is 0 Å². The molecule has 3 rings (SSSR count). The highest BCUT2D eigenvalue weighted by molar-refractivity contribution is 6.35. The molecule has 0 radical (unpaired) electrons. The molecule has 6 heteroatoms. The first-order chi connectivity index (χ1) is 11.6. The number of carbonyl (C=O) groups excluding carboxylic acids is 1. The lowest BCUT2D eigenvalue weighted by atomic mass is 9.96. The van der Waals surface area contributed by atoms with E-state index in [-0.39, 0.29) is 11.8 Å². The van der Waals surface area contributed by atoms with Crippen molar-refractivity contribution in [1.82, 2.24) is 10.2 Å². The molecule has 1 N–H and O–H groups in total. The van der Waals surface area contributed by atoms with E-state index in [2.05, 4.69) is 10.2 Å². The summed E-state index contributed by atoms with van der Waals surface area (Å²) in [5.74, 6) is 0.849. The Hall–Kier alpha value is -1.49. The van der Waals surface area contributed by atoms with Crippen LogP contribution in [0.3, 0.4) is 0 Å². The molecule has 2 heterocycles. The van der Waals surface area contributed by atoms with Crippen molar-refractivity contribution in [1.29, 1.82) is 0 Å². The summed E-state index contributed by atoms with van der Waals surface area (Å²) in [4.78, 5) is 14.7. The number of halogens is 2. The summed E-state index contributed by atoms with van der Waals surface area (Å²) in [6, 6.07) is 9.23. The summed E-state index contributed by atoms with van der Waals surface area (Å²) < 4.78 is 5.24. The van der Waals surface area contributed by atoms with Crippen LogP contribution in [0.2, 0.25) is 10.0 Å². The number of nitrogens with one attached hydrogen (secondary N) is 1. The number of hydrogen-bond donors (Lipinski definition) is 1. The van der Waals surface area contributed by atoms with Gasteiger partial charge < -0.3 is 9.73 Å². The van der Waals surface area contributed by atoms with Crippen molar-refractivity contribution in [3.8, 4) is 0 Å². The predicted molar refractivity (Wildman–Crippen MR) is 95.0 cm³/mol. The molecule has 1 amide bonds. The molecule has 1 fully saturated rings. The van der Waals surface area contributed by atoms with Crippen molar-refractivity contribution in [2.75, 3.05) is 13.1 Å². The number of furan rings is 1. The van der Waals surface area contributed by atoms with Crippen LogP contribution in [0.4, 0.5) is 0 Å². The van der Waals surface area contributed by atoms with Gasteiger partial charge in [0.05, 0.1) is 18.7 Å². The van der Waals surface area contributed by atoms with Crippen LogP contribution < -0.4 is 5.32 Å². The van der Waals surface area contributed by atoms with Gasteiger partial charge in [0.2, 0.25) is 5.91 Å². The topological polar surface area (TPSA) is 45.5 Å². The van der Waals surface area contributed by atoms with Gasteiger partial charge >= 0.3 is 0 Å². The first kappa shape index (κ1) is 17.3. The van der Waals surface area contributed by atoms with Gasteiger partial charge in [-0.2, -0.15) is 0 Å². The van der Waals surface area contributed by atoms with Gasteiger partial charge in [0.1, 0.15) is 5.76 Å². The van der Waals surface area contributed by atoms with Crippen LogP contribution in [-0.2, 0) is 17.9 Å². The molecule has 1 aliphatic heterocycles. The average molecular weight is 367 g/mol. The molecule has 0 spiro atoms. The van der Waals surface area contributed by atoms with Crippen LogP contribution in [-0.4, -0.2) is 23.9 Å². The van der Waals surface area contributed by atoms with Crippen LogP contribution in [0.25, 0.3) is 0 Å². The number of piperidine rings is 1. The number of hydrogen-bond acceptors (Lipinski definition) is 3. The Morgan fingerprint density at radius 1 is 1.33 bits per heavy atom. The molecule has 1 aromatic heterocycles. The molecule has 0 unspecified atom stereocenters. The Labute approximate surface area is 151 Å². The fourth-order valence-electron chi connectivity index (χ4n) is 3.04. The van der Waals surface area contributed by atoms with Crippen molar-refractivity contribution in [2.45, 2.75) is 25.9 Å². The largest absolute Gasteiger partial charge is 0.467 e. The number of amides is 1. The minimum Gasteiger partial charge on any atom is -0.467 e. The minimum absolute atomic E-state index is 0.000196. The molecule has 2 aromatic rings. The van der Waals surface area contributed by atoms with Crippen molar-refractivity contribution in [3.05, 3.63) is 58.0 Å². The van der Waals surface area contributed by atoms with Gasteiger partial charge in [-0.25, -0.2) is 0 Å². The lowest BCUT2D eigenvalue weighted by Crippen LogP contribution is -2.42. The van der Waals surface area contributed by atoms with Crippen molar-refractivity contribution in [3.63, 3.8) is 0 Å². The first-order valence-electron chi connectivity index (χ1n) is 8.08. The third-order valence-electron chi connectivity index (χ3n) is 4.30. The van der Waals surface area contributed by atoms with Gasteiger partial charge in [0.25, 0.3) is 0 Å². The first-order valence-corrected chi connectivity index (χ1v) is 8.84. The van der Waals surface area contributed by atoms with Crippen LogP contribution in [0, 0.1) is 5.92 Å². The highest BCUT2D eigenvalue weighted by Crippen LogP contribution is 2.25. The van der Waals surface area contributed by atoms with E-state index in [1.165, 1.54) is 0 Å². The SMILES string of the molecule is O=C(NCc1ccco1)[C@@H]1CCCN(Cc2ccc(Cl)cc2Cl)C1. The van der Waals surface area contributed by atoms with E-state index in [1.54, 1.807) is 12.3 Å². The molecule has 24 heavy (non-hydrogen) atoms. The second kappa shape index (κ2) is 8.06. The van der Waals surface area contributed by atoms with Crippen LogP contribution in [0.15, 0.2) is 41.0 Å². The third-order valence-corrected chi connectivity index (χ3v) is 4.89. The minimum atomic E-state index is -0.000196. The summed E-state index contributed by atoms with van der Waals surface area (Å²) in [6.07, 6.45) is 3.53. The zero-order valence-corrected chi connectivity index (χ0v) is 14.8. The van der Waals surface area contributed by atoms with E-state index in [9.17, 15) is 4.79 Å². The van der Waals surface area contributed by atoms with E-state index >= 15 is 0 Å². The highest BCUT2D eigenvalue weighted by Gasteiger charge is 2.26. The van der Waals surface area contributed by atoms with Gasteiger partial charge in [-0.1, -0.05) is 29.3 Å². The van der Waals surface area contributed by atoms with Gasteiger partial charge in [-0.05, 0) is 49.2 Å². The van der Waals surface area contributed by atoms with E-state index in [0.717, 1.165) is 43.8 Å². The van der Waals surface area contributed by atoms with E-state index in [4.69, 9.17) is 27.6 Å². The maximum Gasteiger partial charge on any atom is 0.224 e. The zero-order valence-electron chi connectivity index (χ0n) is 13.3. The molecule has 1 aliphatic rings. The molecule has 1 atom stereocenters.